The molecular formula is C12H9ClO4S. The fraction of sp³-hybridized carbons (Fsp3) is 0. The van der Waals surface area contributed by atoms with Gasteiger partial charge >= 0.3 is 10.4 Å². The molecule has 0 bridgehead atoms. The number of halogens is 1. The van der Waals surface area contributed by atoms with Crippen LogP contribution in [0.5, 0.6) is 11.5 Å². The van der Waals surface area contributed by atoms with E-state index in [1.54, 1.807) is 18.2 Å². The van der Waals surface area contributed by atoms with Crippen LogP contribution < -0.4 is 8.37 Å². The lowest BCUT2D eigenvalue weighted by Gasteiger charge is -2.07. The van der Waals surface area contributed by atoms with Crippen molar-refractivity contribution in [2.45, 2.75) is 0 Å². The molecule has 0 saturated heterocycles. The number of benzene rings is 2. The van der Waals surface area contributed by atoms with Crippen LogP contribution in [-0.2, 0) is 10.4 Å². The van der Waals surface area contributed by atoms with E-state index in [-0.39, 0.29) is 11.5 Å². The highest BCUT2D eigenvalue weighted by Gasteiger charge is 2.15. The van der Waals surface area contributed by atoms with E-state index in [1.807, 2.05) is 0 Å². The van der Waals surface area contributed by atoms with E-state index in [1.165, 1.54) is 36.4 Å². The molecule has 0 aromatic heterocycles. The third-order valence-corrected chi connectivity index (χ3v) is 3.00. The van der Waals surface area contributed by atoms with Gasteiger partial charge in [-0.2, -0.15) is 0 Å². The lowest BCUT2D eigenvalue weighted by Crippen LogP contribution is -2.16. The third-order valence-electron chi connectivity index (χ3n) is 1.95. The van der Waals surface area contributed by atoms with Crippen LogP contribution >= 0.6 is 11.6 Å². The van der Waals surface area contributed by atoms with Gasteiger partial charge in [0.2, 0.25) is 0 Å². The second kappa shape index (κ2) is 5.29. The molecule has 0 fully saturated rings. The average molecular weight is 285 g/mol. The molecule has 0 atom stereocenters. The van der Waals surface area contributed by atoms with Crippen molar-refractivity contribution in [1.82, 2.24) is 0 Å². The molecule has 94 valence electrons. The largest absolute Gasteiger partial charge is 0.500 e. The summed E-state index contributed by atoms with van der Waals surface area (Å²) in [5.41, 5.74) is 0. The van der Waals surface area contributed by atoms with Crippen molar-refractivity contribution in [2.75, 3.05) is 0 Å². The van der Waals surface area contributed by atoms with Gasteiger partial charge in [-0.05, 0) is 36.4 Å². The molecule has 0 aliphatic heterocycles. The Morgan fingerprint density at radius 2 is 1.28 bits per heavy atom. The summed E-state index contributed by atoms with van der Waals surface area (Å²) in [7, 11) is -4.14. The van der Waals surface area contributed by atoms with Gasteiger partial charge in [0.05, 0.1) is 0 Å². The monoisotopic (exact) mass is 284 g/mol. The standard InChI is InChI=1S/C12H9ClO4S/c13-10-6-8-12(9-7-10)17-18(14,15)16-11-4-2-1-3-5-11/h1-9H. The molecule has 4 nitrogen and oxygen atoms in total. The van der Waals surface area contributed by atoms with Crippen LogP contribution in [0.3, 0.4) is 0 Å². The lowest BCUT2D eigenvalue weighted by molar-refractivity contribution is 0.392. The summed E-state index contributed by atoms with van der Waals surface area (Å²) < 4.78 is 32.7. The van der Waals surface area contributed by atoms with Gasteiger partial charge in [0.15, 0.2) is 0 Å². The van der Waals surface area contributed by atoms with Gasteiger partial charge in [-0.1, -0.05) is 29.8 Å². The zero-order chi connectivity index (χ0) is 13.0. The Bertz CT molecular complexity index is 608. The van der Waals surface area contributed by atoms with E-state index in [2.05, 4.69) is 0 Å². The van der Waals surface area contributed by atoms with Crippen molar-refractivity contribution >= 4 is 22.0 Å². The van der Waals surface area contributed by atoms with Crippen LogP contribution in [0.1, 0.15) is 0 Å². The summed E-state index contributed by atoms with van der Waals surface area (Å²) >= 11 is 5.68. The van der Waals surface area contributed by atoms with E-state index in [9.17, 15) is 8.42 Å². The molecule has 2 aromatic carbocycles. The molecule has 2 rings (SSSR count). The maximum Gasteiger partial charge on any atom is 0.500 e. The Morgan fingerprint density at radius 3 is 1.83 bits per heavy atom. The van der Waals surface area contributed by atoms with E-state index in [4.69, 9.17) is 20.0 Å². The molecule has 0 saturated carbocycles. The molecule has 18 heavy (non-hydrogen) atoms. The maximum absolute atomic E-state index is 11.6. The Hall–Kier alpha value is -1.72. The zero-order valence-electron chi connectivity index (χ0n) is 9.12. The molecule has 2 aromatic rings. The Morgan fingerprint density at radius 1 is 0.778 bits per heavy atom. The highest BCUT2D eigenvalue weighted by atomic mass is 35.5. The van der Waals surface area contributed by atoms with Gasteiger partial charge in [0, 0.05) is 5.02 Å². The first kappa shape index (κ1) is 12.7. The summed E-state index contributed by atoms with van der Waals surface area (Å²) in [5.74, 6) is 0.321. The first-order valence-electron chi connectivity index (χ1n) is 5.00. The smallest absolute Gasteiger partial charge is 0.353 e. The molecule has 0 heterocycles. The third kappa shape index (κ3) is 3.65. The summed E-state index contributed by atoms with van der Waals surface area (Å²) in [4.78, 5) is 0. The highest BCUT2D eigenvalue weighted by molar-refractivity contribution is 7.82. The van der Waals surface area contributed by atoms with E-state index < -0.39 is 10.4 Å². The average Bonchev–Trinajstić information content (AvgIpc) is 2.32. The predicted molar refractivity (Wildman–Crippen MR) is 68.1 cm³/mol. The van der Waals surface area contributed by atoms with Crippen LogP contribution in [-0.4, -0.2) is 8.42 Å². The summed E-state index contributed by atoms with van der Waals surface area (Å²) in [6, 6.07) is 14.0. The fourth-order valence-electron chi connectivity index (χ4n) is 1.22. The molecule has 0 unspecified atom stereocenters. The lowest BCUT2D eigenvalue weighted by atomic mass is 10.3. The van der Waals surface area contributed by atoms with Crippen molar-refractivity contribution in [3.63, 3.8) is 0 Å². The first-order chi connectivity index (χ1) is 8.55. The fourth-order valence-corrected chi connectivity index (χ4v) is 2.07. The van der Waals surface area contributed by atoms with Gasteiger partial charge in [-0.15, -0.1) is 8.42 Å². The minimum atomic E-state index is -4.14. The minimum Gasteiger partial charge on any atom is -0.353 e. The number of hydrogen-bond donors (Lipinski definition) is 0. The second-order valence-electron chi connectivity index (χ2n) is 3.34. The second-order valence-corrected chi connectivity index (χ2v) is 4.93. The number of para-hydroxylation sites is 1. The Labute approximate surface area is 110 Å². The molecule has 0 spiro atoms. The molecule has 0 aliphatic rings. The Kier molecular flexibility index (Phi) is 3.74. The van der Waals surface area contributed by atoms with Crippen LogP contribution in [0.15, 0.2) is 54.6 Å². The summed E-state index contributed by atoms with van der Waals surface area (Å²) in [6.45, 7) is 0. The SMILES string of the molecule is O=S(=O)(Oc1ccccc1)Oc1ccc(Cl)cc1. The van der Waals surface area contributed by atoms with E-state index in [0.717, 1.165) is 0 Å². The molecule has 0 N–H and O–H groups in total. The quantitative estimate of drug-likeness (QED) is 0.866. The molecule has 0 aliphatic carbocycles. The van der Waals surface area contributed by atoms with Crippen LogP contribution in [0.4, 0.5) is 0 Å². The van der Waals surface area contributed by atoms with Crippen molar-refractivity contribution in [2.24, 2.45) is 0 Å². The van der Waals surface area contributed by atoms with Gasteiger partial charge < -0.3 is 8.37 Å². The van der Waals surface area contributed by atoms with E-state index >= 15 is 0 Å². The van der Waals surface area contributed by atoms with Crippen LogP contribution in [0.25, 0.3) is 0 Å². The first-order valence-corrected chi connectivity index (χ1v) is 6.71. The predicted octanol–water partition coefficient (Wildman–Crippen LogP) is 3.04. The van der Waals surface area contributed by atoms with Crippen LogP contribution in [0, 0.1) is 0 Å². The molecule has 6 heteroatoms. The van der Waals surface area contributed by atoms with Gasteiger partial charge in [-0.3, -0.25) is 0 Å². The van der Waals surface area contributed by atoms with Crippen LogP contribution in [0.2, 0.25) is 5.02 Å². The molecule has 0 amide bonds. The maximum atomic E-state index is 11.6. The van der Waals surface area contributed by atoms with Crippen molar-refractivity contribution in [3.8, 4) is 11.5 Å². The molecular weight excluding hydrogens is 276 g/mol. The topological polar surface area (TPSA) is 52.6 Å². The normalized spacial score (nSPS) is 10.9. The molecule has 0 radical (unpaired) electrons. The summed E-state index contributed by atoms with van der Waals surface area (Å²) in [6.07, 6.45) is 0. The van der Waals surface area contributed by atoms with Gasteiger partial charge in [0.1, 0.15) is 11.5 Å². The van der Waals surface area contributed by atoms with E-state index in [0.29, 0.717) is 5.02 Å². The zero-order valence-corrected chi connectivity index (χ0v) is 10.7. The highest BCUT2D eigenvalue weighted by Crippen LogP contribution is 2.19. The minimum absolute atomic E-state index is 0.135. The summed E-state index contributed by atoms with van der Waals surface area (Å²) in [5, 5.41) is 0.490. The number of hydrogen-bond acceptors (Lipinski definition) is 4. The van der Waals surface area contributed by atoms with Crippen molar-refractivity contribution < 1.29 is 16.8 Å². The van der Waals surface area contributed by atoms with Gasteiger partial charge in [0.25, 0.3) is 0 Å². The Balaban J connectivity index is 2.10. The number of rotatable bonds is 4. The van der Waals surface area contributed by atoms with Gasteiger partial charge in [-0.25, -0.2) is 0 Å². The van der Waals surface area contributed by atoms with Crippen molar-refractivity contribution in [1.29, 1.82) is 0 Å². The van der Waals surface area contributed by atoms with Crippen molar-refractivity contribution in [3.05, 3.63) is 59.6 Å².